The SMILES string of the molecule is CC(C)C[C@H](NC(=O)[C@H](Cc1ccc(O)cc1)NC(=O)[C@H](CCC(N)=O)NC(=O)[C@H](CCCN=C(N)N)NC(=O)[C@H](CC(N)=O)NC(=O)[C@H](CCCN=C(N)N)NC(=O)[C@H](CO)NC(=O)[C@H](CS)NC(=O)[C@@H](N)CCCCN)C(=O)O.O=C(O)C(F)(F)F. The maximum atomic E-state index is 14.3. The molecule has 9 atom stereocenters. The molecule has 0 bridgehead atoms. The lowest BCUT2D eigenvalue weighted by atomic mass is 10.0. The van der Waals surface area contributed by atoms with Crippen molar-refractivity contribution >= 4 is 95.6 Å². The number of carboxylic acid groups (broad SMARTS) is 2. The number of carbonyl (C=O) groups excluding carboxylic acids is 10. The number of aliphatic hydroxyl groups excluding tert-OH is 1. The molecule has 0 aromatic heterocycles. The molecular weight excluding hydrogens is 1200 g/mol. The average molecular weight is 1280 g/mol. The molecule has 0 fully saturated rings. The number of guanidine groups is 2. The number of benzene rings is 1. The Bertz CT molecular complexity index is 2560. The Morgan fingerprint density at radius 1 is 0.545 bits per heavy atom. The van der Waals surface area contributed by atoms with Crippen LogP contribution in [0.2, 0.25) is 0 Å². The summed E-state index contributed by atoms with van der Waals surface area (Å²) in [5, 5.41) is 56.1. The van der Waals surface area contributed by atoms with Crippen molar-refractivity contribution in [2.24, 2.45) is 61.8 Å². The van der Waals surface area contributed by atoms with Crippen molar-refractivity contribution < 1.29 is 91.1 Å². The highest BCUT2D eigenvalue weighted by Crippen LogP contribution is 2.15. The average Bonchev–Trinajstić information content (AvgIpc) is 3.57. The molecule has 496 valence electrons. The minimum atomic E-state index is -5.08. The van der Waals surface area contributed by atoms with Crippen LogP contribution in [-0.4, -0.2) is 196 Å². The Morgan fingerprint density at radius 3 is 1.35 bits per heavy atom. The highest BCUT2D eigenvalue weighted by Gasteiger charge is 2.39. The number of thiol groups is 1. The van der Waals surface area contributed by atoms with Gasteiger partial charge in [0, 0.05) is 31.7 Å². The molecule has 1 rings (SSSR count). The number of aromatic hydroxyl groups is 1. The number of nitrogens with two attached hydrogens (primary N) is 8. The first kappa shape index (κ1) is 79.2. The van der Waals surface area contributed by atoms with Crippen molar-refractivity contribution in [2.45, 2.75) is 151 Å². The molecule has 0 unspecified atom stereocenters. The summed E-state index contributed by atoms with van der Waals surface area (Å²) in [6.45, 7) is 2.60. The third kappa shape index (κ3) is 33.8. The van der Waals surface area contributed by atoms with Crippen molar-refractivity contribution in [2.75, 3.05) is 32.0 Å². The fourth-order valence-electron chi connectivity index (χ4n) is 7.49. The molecule has 0 radical (unpaired) electrons. The van der Waals surface area contributed by atoms with Crippen LogP contribution in [0.15, 0.2) is 34.3 Å². The van der Waals surface area contributed by atoms with Crippen molar-refractivity contribution in [1.82, 2.24) is 42.5 Å². The number of halogens is 3. The number of primary amides is 2. The van der Waals surface area contributed by atoms with Gasteiger partial charge in [0.2, 0.25) is 59.1 Å². The predicted octanol–water partition coefficient (Wildman–Crippen LogP) is -6.80. The van der Waals surface area contributed by atoms with Crippen LogP contribution in [0.4, 0.5) is 13.2 Å². The van der Waals surface area contributed by atoms with E-state index in [4.69, 9.17) is 55.8 Å². The second kappa shape index (κ2) is 41.3. The molecule has 10 amide bonds. The van der Waals surface area contributed by atoms with Crippen LogP contribution in [-0.2, 0) is 64.0 Å². The van der Waals surface area contributed by atoms with Crippen LogP contribution in [0.25, 0.3) is 0 Å². The number of nitrogens with one attached hydrogen (secondary N) is 8. The van der Waals surface area contributed by atoms with E-state index in [-0.39, 0.29) is 87.4 Å². The number of rotatable bonds is 40. The highest BCUT2D eigenvalue weighted by molar-refractivity contribution is 7.80. The first-order chi connectivity index (χ1) is 41.1. The van der Waals surface area contributed by atoms with E-state index in [0.717, 1.165) is 0 Å². The van der Waals surface area contributed by atoms with Crippen molar-refractivity contribution in [3.8, 4) is 5.75 Å². The number of amides is 10. The lowest BCUT2D eigenvalue weighted by Gasteiger charge is -2.28. The van der Waals surface area contributed by atoms with Gasteiger partial charge in [0.25, 0.3) is 0 Å². The van der Waals surface area contributed by atoms with E-state index in [1.54, 1.807) is 13.8 Å². The van der Waals surface area contributed by atoms with Crippen molar-refractivity contribution in [3.63, 3.8) is 0 Å². The number of aliphatic hydroxyl groups is 1. The van der Waals surface area contributed by atoms with Gasteiger partial charge in [-0.15, -0.1) is 0 Å². The van der Waals surface area contributed by atoms with Gasteiger partial charge < -0.3 is 109 Å². The van der Waals surface area contributed by atoms with Crippen molar-refractivity contribution in [3.05, 3.63) is 29.8 Å². The van der Waals surface area contributed by atoms with Gasteiger partial charge in [-0.3, -0.25) is 57.9 Å². The topological polar surface area (TPSA) is 615 Å². The third-order valence-electron chi connectivity index (χ3n) is 12.0. The number of aliphatic carboxylic acids is 2. The molecular formula is C50H83F3N18O16S. The molecule has 28 N–H and O–H groups in total. The maximum Gasteiger partial charge on any atom is 0.490 e. The summed E-state index contributed by atoms with van der Waals surface area (Å²) in [5.74, 6) is -15.6. The van der Waals surface area contributed by atoms with E-state index >= 15 is 0 Å². The van der Waals surface area contributed by atoms with Gasteiger partial charge in [0.1, 0.15) is 54.1 Å². The van der Waals surface area contributed by atoms with Gasteiger partial charge in [-0.05, 0) is 81.5 Å². The summed E-state index contributed by atoms with van der Waals surface area (Å²) in [4.78, 5) is 163. The molecule has 0 heterocycles. The molecule has 1 aromatic rings. The molecule has 0 saturated carbocycles. The van der Waals surface area contributed by atoms with E-state index in [1.165, 1.54) is 24.3 Å². The van der Waals surface area contributed by atoms with Crippen LogP contribution in [0.1, 0.15) is 90.0 Å². The number of carboxylic acids is 2. The fraction of sp³-hybridized carbons (Fsp3) is 0.600. The van der Waals surface area contributed by atoms with Gasteiger partial charge in [-0.25, -0.2) is 9.59 Å². The number of nitrogens with zero attached hydrogens (tertiary/aromatic N) is 2. The summed E-state index contributed by atoms with van der Waals surface area (Å²) < 4.78 is 31.7. The summed E-state index contributed by atoms with van der Waals surface area (Å²) in [6, 6.07) is -8.35. The Morgan fingerprint density at radius 2 is 0.943 bits per heavy atom. The zero-order chi connectivity index (χ0) is 67.4. The molecule has 1 aromatic carbocycles. The van der Waals surface area contributed by atoms with Crippen LogP contribution < -0.4 is 88.4 Å². The monoisotopic (exact) mass is 1280 g/mol. The summed E-state index contributed by atoms with van der Waals surface area (Å²) in [7, 11) is 0. The largest absolute Gasteiger partial charge is 0.508 e. The lowest BCUT2D eigenvalue weighted by molar-refractivity contribution is -0.192. The second-order valence-corrected chi connectivity index (χ2v) is 20.3. The number of phenolic OH excluding ortho intramolecular Hbond substituents is 1. The Hall–Kier alpha value is -8.78. The molecule has 0 saturated heterocycles. The van der Waals surface area contributed by atoms with E-state index < -0.39 is 157 Å². The van der Waals surface area contributed by atoms with Gasteiger partial charge >= 0.3 is 18.1 Å². The number of carbonyl (C=O) groups is 12. The Labute approximate surface area is 508 Å². The third-order valence-corrected chi connectivity index (χ3v) is 12.4. The molecule has 0 aliphatic carbocycles. The first-order valence-electron chi connectivity index (χ1n) is 27.1. The number of alkyl halides is 3. The maximum absolute atomic E-state index is 14.3. The highest BCUT2D eigenvalue weighted by atomic mass is 32.1. The van der Waals surface area contributed by atoms with Crippen LogP contribution >= 0.6 is 12.6 Å². The number of unbranched alkanes of at least 4 members (excludes halogenated alkanes) is 1. The number of aliphatic imine (C=N–C) groups is 2. The predicted molar refractivity (Wildman–Crippen MR) is 312 cm³/mol. The normalized spacial score (nSPS) is 14.0. The van der Waals surface area contributed by atoms with Gasteiger partial charge in [-0.1, -0.05) is 32.4 Å². The van der Waals surface area contributed by atoms with Gasteiger partial charge in [-0.2, -0.15) is 25.8 Å². The first-order valence-corrected chi connectivity index (χ1v) is 27.8. The van der Waals surface area contributed by atoms with E-state index in [2.05, 4.69) is 65.1 Å². The summed E-state index contributed by atoms with van der Waals surface area (Å²) in [6.07, 6.45) is -6.46. The number of hydrogen-bond acceptors (Lipinski definition) is 19. The van der Waals surface area contributed by atoms with E-state index in [9.17, 15) is 81.2 Å². The minimum absolute atomic E-state index is 0.00977. The molecule has 34 nitrogen and oxygen atoms in total. The van der Waals surface area contributed by atoms with Gasteiger partial charge in [0.15, 0.2) is 11.9 Å². The minimum Gasteiger partial charge on any atom is -0.508 e. The van der Waals surface area contributed by atoms with E-state index in [1.807, 2.05) is 0 Å². The Kier molecular flexibility index (Phi) is 37.2. The lowest BCUT2D eigenvalue weighted by Crippen LogP contribution is -2.61. The molecule has 0 spiro atoms. The van der Waals surface area contributed by atoms with Gasteiger partial charge in [0.05, 0.1) is 19.1 Å². The zero-order valence-electron chi connectivity index (χ0n) is 48.4. The standard InChI is InChI=1S/C48H82N18O14S.C2HF3O2/c1-24(2)19-33(46(79)80)64-42(75)31(20-25-10-12-26(68)13-11-25)62-41(74)30(14-15-36(51)69)61-39(72)28(8-5-17-57-47(53)54)59-43(76)32(21-37(52)70)63-40(73)29(9-6-18-58-48(55)56)60-44(77)34(22-67)65-45(78)35(23-81)66-38(71)27(50)7-3-4-16-49;3-2(4,5)1(6)7/h10-13,24,27-35,67-68,81H,3-9,14-23,49-50H2,1-2H3,(H2,51,69)(H2,52,70)(H,59,76)(H,60,77)(H,61,72)(H,62,74)(H,63,73)(H,64,75)(H,65,78)(H,66,71)(H,79,80)(H4,53,54,57)(H4,55,56,58);(H,6,7)/t27-,28-,29-,30-,31-,32-,33-,34-,35-;/m0./s1. The Balaban J connectivity index is 0.0000101. The summed E-state index contributed by atoms with van der Waals surface area (Å²) in [5.41, 5.74) is 44.6. The molecule has 88 heavy (non-hydrogen) atoms. The smallest absolute Gasteiger partial charge is 0.490 e. The molecule has 38 heteroatoms. The van der Waals surface area contributed by atoms with Crippen LogP contribution in [0.5, 0.6) is 5.75 Å². The molecule has 0 aliphatic heterocycles. The number of phenols is 1. The summed E-state index contributed by atoms with van der Waals surface area (Å²) >= 11 is 4.11. The fourth-order valence-corrected chi connectivity index (χ4v) is 7.75. The second-order valence-electron chi connectivity index (χ2n) is 20.0. The zero-order valence-corrected chi connectivity index (χ0v) is 49.3. The van der Waals surface area contributed by atoms with Crippen LogP contribution in [0, 0.1) is 5.92 Å². The van der Waals surface area contributed by atoms with Crippen molar-refractivity contribution in [1.29, 1.82) is 0 Å². The molecule has 0 aliphatic rings. The number of hydrogen-bond donors (Lipinski definition) is 21. The quantitative estimate of drug-likeness (QED) is 0.0126. The van der Waals surface area contributed by atoms with E-state index in [0.29, 0.717) is 24.9 Å². The van der Waals surface area contributed by atoms with Crippen LogP contribution in [0.3, 0.4) is 0 Å².